The molecule has 1 aliphatic carbocycles. The van der Waals surface area contributed by atoms with Crippen LogP contribution in [0.25, 0.3) is 6.08 Å². The van der Waals surface area contributed by atoms with Crippen LogP contribution in [0.1, 0.15) is 18.4 Å². The quantitative estimate of drug-likeness (QED) is 0.734. The maximum atomic E-state index is 12.5. The number of ether oxygens (including phenoxy) is 3. The molecule has 2 rings (SSSR count). The highest BCUT2D eigenvalue weighted by Crippen LogP contribution is 2.39. The van der Waals surface area contributed by atoms with Crippen molar-refractivity contribution in [1.29, 1.82) is 0 Å². The molecule has 1 saturated carbocycles. The lowest BCUT2D eigenvalue weighted by atomic mass is 10.0. The van der Waals surface area contributed by atoms with E-state index in [0.717, 1.165) is 30.5 Å². The van der Waals surface area contributed by atoms with Gasteiger partial charge in [0.1, 0.15) is 0 Å². The van der Waals surface area contributed by atoms with Crippen molar-refractivity contribution in [2.24, 2.45) is 5.92 Å². The summed E-state index contributed by atoms with van der Waals surface area (Å²) in [6.07, 6.45) is 3.66. The molecule has 6 heteroatoms. The molecule has 134 valence electrons. The Labute approximate surface area is 150 Å². The maximum absolute atomic E-state index is 12.5. The Hall–Kier alpha value is -1.72. The molecule has 1 aliphatic rings. The van der Waals surface area contributed by atoms with Crippen LogP contribution in [0.4, 0.5) is 0 Å². The largest absolute Gasteiger partial charge is 0.493 e. The highest BCUT2D eigenvalue weighted by molar-refractivity contribution is 6.03. The summed E-state index contributed by atoms with van der Waals surface area (Å²) >= 11 is 0. The molecule has 0 radical (unpaired) electrons. The SMILES string of the molecule is COc1cc(C=C2CCC(CN(C)C)C2=O)cc(OC)c1OC.Cl. The van der Waals surface area contributed by atoms with Gasteiger partial charge in [-0.3, -0.25) is 4.79 Å². The Morgan fingerprint density at radius 3 is 2.17 bits per heavy atom. The molecule has 1 aromatic carbocycles. The van der Waals surface area contributed by atoms with Crippen LogP contribution in [0.3, 0.4) is 0 Å². The van der Waals surface area contributed by atoms with E-state index < -0.39 is 0 Å². The molecule has 1 unspecified atom stereocenters. The van der Waals surface area contributed by atoms with Crippen LogP contribution in [-0.4, -0.2) is 52.7 Å². The van der Waals surface area contributed by atoms with Gasteiger partial charge in [-0.2, -0.15) is 0 Å². The molecule has 0 bridgehead atoms. The fourth-order valence-electron chi connectivity index (χ4n) is 2.99. The van der Waals surface area contributed by atoms with Crippen molar-refractivity contribution in [2.45, 2.75) is 12.8 Å². The smallest absolute Gasteiger partial charge is 0.203 e. The molecule has 1 atom stereocenters. The number of methoxy groups -OCH3 is 3. The number of Topliss-reactive ketones (excluding diaryl/α,β-unsaturated/α-hetero) is 1. The molecule has 0 saturated heterocycles. The van der Waals surface area contributed by atoms with Gasteiger partial charge in [0.15, 0.2) is 17.3 Å². The van der Waals surface area contributed by atoms with Gasteiger partial charge in [-0.1, -0.05) is 0 Å². The van der Waals surface area contributed by atoms with E-state index in [2.05, 4.69) is 4.90 Å². The summed E-state index contributed by atoms with van der Waals surface area (Å²) in [7, 11) is 8.73. The van der Waals surface area contributed by atoms with Crippen molar-refractivity contribution in [2.75, 3.05) is 42.0 Å². The van der Waals surface area contributed by atoms with Crippen molar-refractivity contribution >= 4 is 24.3 Å². The molecule has 0 aromatic heterocycles. The Morgan fingerprint density at radius 2 is 1.71 bits per heavy atom. The van der Waals surface area contributed by atoms with E-state index in [1.165, 1.54) is 0 Å². The number of allylic oxidation sites excluding steroid dienone is 1. The second kappa shape index (κ2) is 8.94. The van der Waals surface area contributed by atoms with Crippen LogP contribution < -0.4 is 14.2 Å². The lowest BCUT2D eigenvalue weighted by molar-refractivity contribution is -0.118. The summed E-state index contributed by atoms with van der Waals surface area (Å²) in [5, 5.41) is 0. The number of rotatable bonds is 6. The van der Waals surface area contributed by atoms with Gasteiger partial charge in [0.05, 0.1) is 21.3 Å². The van der Waals surface area contributed by atoms with Crippen molar-refractivity contribution in [3.63, 3.8) is 0 Å². The molecule has 0 spiro atoms. The Balaban J connectivity index is 0.00000288. The minimum absolute atomic E-state index is 0. The zero-order valence-corrected chi connectivity index (χ0v) is 15.7. The number of ketones is 1. The number of benzene rings is 1. The summed E-state index contributed by atoms with van der Waals surface area (Å²) in [5.41, 5.74) is 1.75. The predicted octanol–water partition coefficient (Wildman–Crippen LogP) is 3.06. The summed E-state index contributed by atoms with van der Waals surface area (Å²) < 4.78 is 16.0. The van der Waals surface area contributed by atoms with Crippen LogP contribution in [0.2, 0.25) is 0 Å². The molecule has 0 N–H and O–H groups in total. The molecule has 0 amide bonds. The second-order valence-corrected chi connectivity index (χ2v) is 5.99. The molecular weight excluding hydrogens is 330 g/mol. The van der Waals surface area contributed by atoms with Gasteiger partial charge >= 0.3 is 0 Å². The molecule has 5 nitrogen and oxygen atoms in total. The van der Waals surface area contributed by atoms with E-state index >= 15 is 0 Å². The van der Waals surface area contributed by atoms with Crippen molar-refractivity contribution in [1.82, 2.24) is 4.90 Å². The zero-order valence-electron chi connectivity index (χ0n) is 14.9. The van der Waals surface area contributed by atoms with Gasteiger partial charge in [-0.25, -0.2) is 0 Å². The van der Waals surface area contributed by atoms with E-state index in [-0.39, 0.29) is 24.1 Å². The van der Waals surface area contributed by atoms with Crippen molar-refractivity contribution in [3.05, 3.63) is 23.3 Å². The van der Waals surface area contributed by atoms with Gasteiger partial charge in [-0.15, -0.1) is 12.4 Å². The number of halogens is 1. The second-order valence-electron chi connectivity index (χ2n) is 5.99. The highest BCUT2D eigenvalue weighted by atomic mass is 35.5. The third-order valence-corrected chi connectivity index (χ3v) is 4.06. The average Bonchev–Trinajstić information content (AvgIpc) is 2.86. The zero-order chi connectivity index (χ0) is 17.0. The predicted molar refractivity (Wildman–Crippen MR) is 97.6 cm³/mol. The molecule has 0 heterocycles. The van der Waals surface area contributed by atoms with Crippen molar-refractivity contribution in [3.8, 4) is 17.2 Å². The standard InChI is InChI=1S/C18H25NO4.ClH/c1-19(2)11-14-7-6-13(17(14)20)8-12-9-15(21-3)18(23-5)16(10-12)22-4;/h8-10,14H,6-7,11H2,1-5H3;1H. The molecule has 1 aromatic rings. The summed E-state index contributed by atoms with van der Waals surface area (Å²) in [4.78, 5) is 14.6. The third kappa shape index (κ3) is 4.42. The van der Waals surface area contributed by atoms with Crippen LogP contribution in [0.15, 0.2) is 17.7 Å². The summed E-state index contributed by atoms with van der Waals surface area (Å²) in [6, 6.07) is 3.72. The van der Waals surface area contributed by atoms with E-state index in [1.807, 2.05) is 32.3 Å². The number of nitrogens with zero attached hydrogens (tertiary/aromatic N) is 1. The van der Waals surface area contributed by atoms with E-state index in [4.69, 9.17) is 14.2 Å². The third-order valence-electron chi connectivity index (χ3n) is 4.06. The summed E-state index contributed by atoms with van der Waals surface area (Å²) in [5.74, 6) is 2.08. The van der Waals surface area contributed by atoms with Gasteiger partial charge in [0.25, 0.3) is 0 Å². The number of hydrogen-bond donors (Lipinski definition) is 0. The van der Waals surface area contributed by atoms with Crippen LogP contribution in [0, 0.1) is 5.92 Å². The number of carbonyl (C=O) groups is 1. The highest BCUT2D eigenvalue weighted by Gasteiger charge is 2.29. The Morgan fingerprint density at radius 1 is 1.12 bits per heavy atom. The summed E-state index contributed by atoms with van der Waals surface area (Å²) in [6.45, 7) is 0.797. The molecule has 24 heavy (non-hydrogen) atoms. The first-order valence-corrected chi connectivity index (χ1v) is 7.69. The topological polar surface area (TPSA) is 48.0 Å². The minimum Gasteiger partial charge on any atom is -0.493 e. The maximum Gasteiger partial charge on any atom is 0.203 e. The van der Waals surface area contributed by atoms with Gasteiger partial charge in [0, 0.05) is 12.5 Å². The lowest BCUT2D eigenvalue weighted by Gasteiger charge is -2.14. The van der Waals surface area contributed by atoms with Crippen LogP contribution >= 0.6 is 12.4 Å². The monoisotopic (exact) mass is 355 g/mol. The Kier molecular flexibility index (Phi) is 7.58. The van der Waals surface area contributed by atoms with Crippen LogP contribution in [0.5, 0.6) is 17.2 Å². The lowest BCUT2D eigenvalue weighted by Crippen LogP contribution is -2.24. The first-order valence-electron chi connectivity index (χ1n) is 7.69. The molecule has 1 fully saturated rings. The molecule has 0 aliphatic heterocycles. The first kappa shape index (κ1) is 20.3. The average molecular weight is 356 g/mol. The number of hydrogen-bond acceptors (Lipinski definition) is 5. The van der Waals surface area contributed by atoms with Crippen molar-refractivity contribution < 1.29 is 19.0 Å². The first-order chi connectivity index (χ1) is 11.0. The van der Waals surface area contributed by atoms with Gasteiger partial charge < -0.3 is 19.1 Å². The van der Waals surface area contributed by atoms with E-state index in [0.29, 0.717) is 17.2 Å². The van der Waals surface area contributed by atoms with E-state index in [1.54, 1.807) is 21.3 Å². The minimum atomic E-state index is 0. The number of carbonyl (C=O) groups excluding carboxylic acids is 1. The normalized spacial score (nSPS) is 18.7. The fourth-order valence-corrected chi connectivity index (χ4v) is 2.99. The van der Waals surface area contributed by atoms with Gasteiger partial charge in [0.2, 0.25) is 5.75 Å². The Bertz CT molecular complexity index is 588. The molecular formula is C18H26ClNO4. The van der Waals surface area contributed by atoms with Crippen LogP contribution in [-0.2, 0) is 4.79 Å². The van der Waals surface area contributed by atoms with Gasteiger partial charge in [-0.05, 0) is 56.3 Å². The fraction of sp³-hybridized carbons (Fsp3) is 0.500. The van der Waals surface area contributed by atoms with E-state index in [9.17, 15) is 4.79 Å².